The number of nitrogen functional groups attached to an aromatic ring is 1. The van der Waals surface area contributed by atoms with Crippen LogP contribution in [0.15, 0.2) is 18.2 Å². The van der Waals surface area contributed by atoms with Crippen molar-refractivity contribution in [1.82, 2.24) is 14.8 Å². The summed E-state index contributed by atoms with van der Waals surface area (Å²) in [6.45, 7) is 1.92. The normalized spacial score (nSPS) is 10.4. The number of hydrogen-bond acceptors (Lipinski definition) is 5. The van der Waals surface area contributed by atoms with Crippen LogP contribution in [0.5, 0.6) is 0 Å². The number of hydrazine groups is 1. The van der Waals surface area contributed by atoms with Crippen LogP contribution in [0, 0.1) is 6.92 Å². The fourth-order valence-corrected chi connectivity index (χ4v) is 1.90. The van der Waals surface area contributed by atoms with Gasteiger partial charge in [0.2, 0.25) is 0 Å². The van der Waals surface area contributed by atoms with Gasteiger partial charge in [0.05, 0.1) is 11.4 Å². The van der Waals surface area contributed by atoms with Crippen molar-refractivity contribution < 1.29 is 4.79 Å². The van der Waals surface area contributed by atoms with Crippen LogP contribution in [0.2, 0.25) is 0 Å². The largest absolute Gasteiger partial charge is 0.345 e. The molecule has 2 aromatic heterocycles. The predicted molar refractivity (Wildman–Crippen MR) is 68.2 cm³/mol. The summed E-state index contributed by atoms with van der Waals surface area (Å²) in [5.41, 5.74) is 5.94. The highest BCUT2D eigenvalue weighted by Gasteiger charge is 2.09. The van der Waals surface area contributed by atoms with Crippen molar-refractivity contribution in [2.75, 3.05) is 5.43 Å². The molecule has 0 spiro atoms. The van der Waals surface area contributed by atoms with Gasteiger partial charge >= 0.3 is 0 Å². The van der Waals surface area contributed by atoms with Gasteiger partial charge in [-0.2, -0.15) is 5.10 Å². The maximum atomic E-state index is 10.9. The van der Waals surface area contributed by atoms with Crippen LogP contribution in [0.4, 0.5) is 5.82 Å². The minimum Gasteiger partial charge on any atom is -0.345 e. The number of carbonyl (C=O) groups excluding carboxylic acids is 1. The van der Waals surface area contributed by atoms with Crippen molar-refractivity contribution >= 4 is 12.1 Å². The van der Waals surface area contributed by atoms with Gasteiger partial charge in [0.25, 0.3) is 0 Å². The molecule has 0 aliphatic rings. The number of carbonyl (C=O) groups is 1. The third-order valence-electron chi connectivity index (χ3n) is 2.92. The highest BCUT2D eigenvalue weighted by Crippen LogP contribution is 2.15. The van der Waals surface area contributed by atoms with Crippen molar-refractivity contribution in [3.05, 3.63) is 40.8 Å². The zero-order chi connectivity index (χ0) is 13.1. The highest BCUT2D eigenvalue weighted by molar-refractivity contribution is 5.75. The van der Waals surface area contributed by atoms with Gasteiger partial charge in [0.15, 0.2) is 12.1 Å². The molecule has 0 bridgehead atoms. The summed E-state index contributed by atoms with van der Waals surface area (Å²) in [7, 11) is 1.87. The Morgan fingerprint density at radius 1 is 1.44 bits per heavy atom. The first-order valence-electron chi connectivity index (χ1n) is 5.55. The van der Waals surface area contributed by atoms with Gasteiger partial charge in [0.1, 0.15) is 0 Å². The summed E-state index contributed by atoms with van der Waals surface area (Å²) in [5.74, 6) is 5.75. The Balaban J connectivity index is 2.25. The maximum absolute atomic E-state index is 10.9. The molecule has 0 saturated heterocycles. The van der Waals surface area contributed by atoms with Gasteiger partial charge in [0, 0.05) is 19.2 Å². The van der Waals surface area contributed by atoms with Crippen molar-refractivity contribution in [1.29, 1.82) is 0 Å². The Bertz CT molecular complexity index is 559. The molecular weight excluding hydrogens is 230 g/mol. The maximum Gasteiger partial charge on any atom is 0.166 e. The molecule has 0 aliphatic heterocycles. The highest BCUT2D eigenvalue weighted by atomic mass is 16.1. The van der Waals surface area contributed by atoms with Gasteiger partial charge in [-0.05, 0) is 30.7 Å². The van der Waals surface area contributed by atoms with E-state index in [1.165, 1.54) is 0 Å². The second kappa shape index (κ2) is 4.97. The van der Waals surface area contributed by atoms with E-state index in [1.807, 2.05) is 30.7 Å². The minimum atomic E-state index is 0.524. The summed E-state index contributed by atoms with van der Waals surface area (Å²) >= 11 is 0. The van der Waals surface area contributed by atoms with Gasteiger partial charge in [-0.3, -0.25) is 4.79 Å². The molecule has 3 N–H and O–H groups in total. The number of aryl methyl sites for hydroxylation is 1. The lowest BCUT2D eigenvalue weighted by atomic mass is 10.2. The Morgan fingerprint density at radius 3 is 2.72 bits per heavy atom. The zero-order valence-corrected chi connectivity index (χ0v) is 10.3. The third kappa shape index (κ3) is 2.23. The lowest BCUT2D eigenvalue weighted by Crippen LogP contribution is -2.10. The first kappa shape index (κ1) is 12.3. The standard InChI is InChI=1S/C12H15N5O/c1-8-5-10(17(2)11(8)7-18)6-9-3-4-12(14-13)16-15-9/h3-5,7H,6,13H2,1-2H3,(H,14,16). The van der Waals surface area contributed by atoms with Crippen molar-refractivity contribution in [2.24, 2.45) is 12.9 Å². The Hall–Kier alpha value is -2.21. The molecule has 0 unspecified atom stereocenters. The fraction of sp³-hybridized carbons (Fsp3) is 0.250. The van der Waals surface area contributed by atoms with E-state index < -0.39 is 0 Å². The van der Waals surface area contributed by atoms with Crippen LogP contribution in [0.1, 0.15) is 27.4 Å². The molecule has 0 aliphatic carbocycles. The molecule has 0 aromatic carbocycles. The smallest absolute Gasteiger partial charge is 0.166 e. The van der Waals surface area contributed by atoms with Crippen LogP contribution >= 0.6 is 0 Å². The van der Waals surface area contributed by atoms with Crippen LogP contribution in [-0.2, 0) is 13.5 Å². The van der Waals surface area contributed by atoms with E-state index in [0.717, 1.165) is 23.2 Å². The fourth-order valence-electron chi connectivity index (χ4n) is 1.90. The summed E-state index contributed by atoms with van der Waals surface area (Å²) in [6, 6.07) is 5.60. The van der Waals surface area contributed by atoms with E-state index in [4.69, 9.17) is 5.84 Å². The van der Waals surface area contributed by atoms with Crippen LogP contribution in [0.3, 0.4) is 0 Å². The summed E-state index contributed by atoms with van der Waals surface area (Å²) < 4.78 is 1.87. The minimum absolute atomic E-state index is 0.524. The zero-order valence-electron chi connectivity index (χ0n) is 10.3. The van der Waals surface area contributed by atoms with Gasteiger partial charge in [-0.1, -0.05) is 0 Å². The molecule has 6 heteroatoms. The third-order valence-corrected chi connectivity index (χ3v) is 2.92. The lowest BCUT2D eigenvalue weighted by molar-refractivity contribution is 0.111. The molecule has 0 radical (unpaired) electrons. The van der Waals surface area contributed by atoms with E-state index in [9.17, 15) is 4.79 Å². The van der Waals surface area contributed by atoms with E-state index >= 15 is 0 Å². The number of hydrogen-bond donors (Lipinski definition) is 2. The number of anilines is 1. The molecule has 0 fully saturated rings. The number of aldehydes is 1. The Morgan fingerprint density at radius 2 is 2.22 bits per heavy atom. The van der Waals surface area contributed by atoms with Gasteiger partial charge < -0.3 is 9.99 Å². The Kier molecular flexibility index (Phi) is 3.38. The van der Waals surface area contributed by atoms with Crippen molar-refractivity contribution in [2.45, 2.75) is 13.3 Å². The van der Waals surface area contributed by atoms with Crippen LogP contribution in [-0.4, -0.2) is 21.1 Å². The van der Waals surface area contributed by atoms with E-state index in [-0.39, 0.29) is 0 Å². The summed E-state index contributed by atoms with van der Waals surface area (Å²) in [5, 5.41) is 7.96. The van der Waals surface area contributed by atoms with Crippen LogP contribution < -0.4 is 11.3 Å². The molecule has 6 nitrogen and oxygen atoms in total. The molecule has 0 amide bonds. The lowest BCUT2D eigenvalue weighted by Gasteiger charge is -2.04. The quantitative estimate of drug-likeness (QED) is 0.473. The van der Waals surface area contributed by atoms with Gasteiger partial charge in [-0.25, -0.2) is 5.84 Å². The average molecular weight is 245 g/mol. The van der Waals surface area contributed by atoms with E-state index in [1.54, 1.807) is 6.07 Å². The molecule has 2 aromatic rings. The molecule has 18 heavy (non-hydrogen) atoms. The average Bonchev–Trinajstić information content (AvgIpc) is 2.65. The van der Waals surface area contributed by atoms with Crippen LogP contribution in [0.25, 0.3) is 0 Å². The predicted octanol–water partition coefficient (Wildman–Crippen LogP) is 0.812. The second-order valence-electron chi connectivity index (χ2n) is 4.11. The van der Waals surface area contributed by atoms with Crippen molar-refractivity contribution in [3.63, 3.8) is 0 Å². The number of aromatic nitrogens is 3. The molecular formula is C12H15N5O. The number of rotatable bonds is 4. The molecule has 2 rings (SSSR count). The number of nitrogens with zero attached hydrogens (tertiary/aromatic N) is 3. The first-order chi connectivity index (χ1) is 8.65. The first-order valence-corrected chi connectivity index (χ1v) is 5.55. The molecule has 94 valence electrons. The summed E-state index contributed by atoms with van der Waals surface area (Å²) in [6.07, 6.45) is 1.50. The summed E-state index contributed by atoms with van der Waals surface area (Å²) in [4.78, 5) is 10.9. The van der Waals surface area contributed by atoms with Gasteiger partial charge in [-0.15, -0.1) is 5.10 Å². The van der Waals surface area contributed by atoms with E-state index in [0.29, 0.717) is 17.9 Å². The topological polar surface area (TPSA) is 85.8 Å². The number of nitrogens with one attached hydrogen (secondary N) is 1. The Labute approximate surface area is 105 Å². The molecule has 0 atom stereocenters. The molecule has 2 heterocycles. The second-order valence-corrected chi connectivity index (χ2v) is 4.11. The SMILES string of the molecule is Cc1cc(Cc2ccc(NN)nn2)n(C)c1C=O. The monoisotopic (exact) mass is 245 g/mol. The molecule has 0 saturated carbocycles. The van der Waals surface area contributed by atoms with E-state index in [2.05, 4.69) is 15.6 Å². The van der Waals surface area contributed by atoms with Crippen molar-refractivity contribution in [3.8, 4) is 0 Å². The number of nitrogens with two attached hydrogens (primary N) is 1.